The maximum atomic E-state index is 12.5. The fourth-order valence-electron chi connectivity index (χ4n) is 2.96. The number of carboxylic acids is 1. The van der Waals surface area contributed by atoms with E-state index in [0.717, 1.165) is 17.7 Å². The second-order valence-electron chi connectivity index (χ2n) is 5.53. The van der Waals surface area contributed by atoms with E-state index >= 15 is 0 Å². The lowest BCUT2D eigenvalue weighted by molar-refractivity contribution is -0.148. The van der Waals surface area contributed by atoms with Gasteiger partial charge in [-0.3, -0.25) is 9.59 Å². The Hall–Kier alpha value is -2.04. The van der Waals surface area contributed by atoms with Crippen molar-refractivity contribution in [2.45, 2.75) is 25.8 Å². The van der Waals surface area contributed by atoms with Crippen LogP contribution < -0.4 is 4.74 Å². The third-order valence-corrected chi connectivity index (χ3v) is 4.08. The van der Waals surface area contributed by atoms with Crippen LogP contribution in [0.25, 0.3) is 0 Å². The summed E-state index contributed by atoms with van der Waals surface area (Å²) in [4.78, 5) is 25.3. The first kappa shape index (κ1) is 15.4. The fourth-order valence-corrected chi connectivity index (χ4v) is 2.96. The zero-order valence-corrected chi connectivity index (χ0v) is 12.4. The molecule has 0 radical (unpaired) electrons. The van der Waals surface area contributed by atoms with Gasteiger partial charge in [-0.2, -0.15) is 0 Å². The van der Waals surface area contributed by atoms with E-state index in [-0.39, 0.29) is 5.91 Å². The Morgan fingerprint density at radius 3 is 2.71 bits per heavy atom. The molecule has 2 unspecified atom stereocenters. The molecule has 1 aliphatic rings. The van der Waals surface area contributed by atoms with Crippen molar-refractivity contribution in [3.8, 4) is 5.75 Å². The minimum atomic E-state index is -0.861. The maximum Gasteiger partial charge on any atom is 0.307 e. The summed E-state index contributed by atoms with van der Waals surface area (Å²) in [7, 11) is 3.32. The van der Waals surface area contributed by atoms with Gasteiger partial charge in [-0.25, -0.2) is 0 Å². The first-order valence-electron chi connectivity index (χ1n) is 7.13. The molecule has 0 spiro atoms. The first-order chi connectivity index (χ1) is 10.0. The van der Waals surface area contributed by atoms with Gasteiger partial charge >= 0.3 is 5.97 Å². The number of carbonyl (C=O) groups is 2. The van der Waals surface area contributed by atoms with Crippen molar-refractivity contribution in [1.29, 1.82) is 0 Å². The number of ether oxygens (including phenoxy) is 1. The number of methoxy groups -OCH3 is 1. The van der Waals surface area contributed by atoms with E-state index in [4.69, 9.17) is 4.74 Å². The lowest BCUT2D eigenvalue weighted by Gasteiger charge is -2.23. The smallest absolute Gasteiger partial charge is 0.307 e. The summed E-state index contributed by atoms with van der Waals surface area (Å²) in [5.74, 6) is -1.12. The van der Waals surface area contributed by atoms with Crippen LogP contribution in [0.5, 0.6) is 5.75 Å². The SMILES string of the molecule is COc1cccc(CN(C)C(=O)C2CCCC2C(=O)O)c1. The van der Waals surface area contributed by atoms with Gasteiger partial charge in [-0.1, -0.05) is 18.6 Å². The third kappa shape index (κ3) is 3.54. The summed E-state index contributed by atoms with van der Waals surface area (Å²) in [6.07, 6.45) is 2.07. The molecule has 1 fully saturated rings. The number of amides is 1. The van der Waals surface area contributed by atoms with Crippen LogP contribution in [0.4, 0.5) is 0 Å². The molecular weight excluding hydrogens is 270 g/mol. The van der Waals surface area contributed by atoms with Crippen LogP contribution in [0.3, 0.4) is 0 Å². The van der Waals surface area contributed by atoms with Crippen LogP contribution in [0.1, 0.15) is 24.8 Å². The molecule has 0 aromatic heterocycles. The second kappa shape index (κ2) is 6.61. The Labute approximate surface area is 124 Å². The minimum Gasteiger partial charge on any atom is -0.497 e. The number of aliphatic carboxylic acids is 1. The van der Waals surface area contributed by atoms with Crippen LogP contribution in [0, 0.1) is 11.8 Å². The lowest BCUT2D eigenvalue weighted by Crippen LogP contribution is -2.36. The number of nitrogens with zero attached hydrogens (tertiary/aromatic N) is 1. The van der Waals surface area contributed by atoms with Gasteiger partial charge < -0.3 is 14.7 Å². The van der Waals surface area contributed by atoms with E-state index < -0.39 is 17.8 Å². The molecule has 0 aliphatic heterocycles. The molecule has 114 valence electrons. The first-order valence-corrected chi connectivity index (χ1v) is 7.13. The molecule has 5 heteroatoms. The topological polar surface area (TPSA) is 66.8 Å². The summed E-state index contributed by atoms with van der Waals surface area (Å²) >= 11 is 0. The van der Waals surface area contributed by atoms with Crippen LogP contribution >= 0.6 is 0 Å². The second-order valence-corrected chi connectivity index (χ2v) is 5.53. The number of carboxylic acid groups (broad SMARTS) is 1. The predicted octanol–water partition coefficient (Wildman–Crippen LogP) is 2.15. The minimum absolute atomic E-state index is 0.0808. The van der Waals surface area contributed by atoms with Gasteiger partial charge in [-0.15, -0.1) is 0 Å². The van der Waals surface area contributed by atoms with Crippen molar-refractivity contribution in [1.82, 2.24) is 4.90 Å². The monoisotopic (exact) mass is 291 g/mol. The highest BCUT2D eigenvalue weighted by molar-refractivity contribution is 5.85. The summed E-state index contributed by atoms with van der Waals surface area (Å²) in [6, 6.07) is 7.54. The van der Waals surface area contributed by atoms with Gasteiger partial charge in [0.05, 0.1) is 18.9 Å². The summed E-state index contributed by atoms with van der Waals surface area (Å²) in [5, 5.41) is 9.19. The highest BCUT2D eigenvalue weighted by atomic mass is 16.5. The van der Waals surface area contributed by atoms with Crippen molar-refractivity contribution >= 4 is 11.9 Å². The maximum absolute atomic E-state index is 12.5. The molecule has 0 bridgehead atoms. The summed E-state index contributed by atoms with van der Waals surface area (Å²) in [5.41, 5.74) is 0.968. The predicted molar refractivity (Wildman–Crippen MR) is 77.9 cm³/mol. The van der Waals surface area contributed by atoms with E-state index in [1.54, 1.807) is 19.1 Å². The zero-order valence-electron chi connectivity index (χ0n) is 12.4. The Balaban J connectivity index is 2.03. The Bertz CT molecular complexity index is 529. The molecule has 2 rings (SSSR count). The van der Waals surface area contributed by atoms with Gasteiger partial charge in [0.15, 0.2) is 0 Å². The molecule has 0 saturated heterocycles. The number of carbonyl (C=O) groups excluding carboxylic acids is 1. The van der Waals surface area contributed by atoms with E-state index in [9.17, 15) is 14.7 Å². The van der Waals surface area contributed by atoms with E-state index in [1.165, 1.54) is 0 Å². The van der Waals surface area contributed by atoms with E-state index in [1.807, 2.05) is 24.3 Å². The Morgan fingerprint density at radius 2 is 2.05 bits per heavy atom. The zero-order chi connectivity index (χ0) is 15.4. The number of hydrogen-bond acceptors (Lipinski definition) is 3. The van der Waals surface area contributed by atoms with Crippen molar-refractivity contribution in [2.24, 2.45) is 11.8 Å². The Kier molecular flexibility index (Phi) is 4.83. The van der Waals surface area contributed by atoms with Gasteiger partial charge in [0.1, 0.15) is 5.75 Å². The van der Waals surface area contributed by atoms with E-state index in [2.05, 4.69) is 0 Å². The molecule has 1 N–H and O–H groups in total. The normalized spacial score (nSPS) is 21.0. The highest BCUT2D eigenvalue weighted by Gasteiger charge is 2.38. The van der Waals surface area contributed by atoms with E-state index in [0.29, 0.717) is 19.4 Å². The van der Waals surface area contributed by atoms with Crippen LogP contribution in [0.2, 0.25) is 0 Å². The molecule has 5 nitrogen and oxygen atoms in total. The molecule has 1 saturated carbocycles. The standard InChI is InChI=1S/C16H21NO4/c1-17(10-11-5-3-6-12(9-11)21-2)15(18)13-7-4-8-14(13)16(19)20/h3,5-6,9,13-14H,4,7-8,10H2,1-2H3,(H,19,20). The summed E-state index contributed by atoms with van der Waals surface area (Å²) < 4.78 is 5.16. The van der Waals surface area contributed by atoms with Crippen molar-refractivity contribution in [3.63, 3.8) is 0 Å². The van der Waals surface area contributed by atoms with Gasteiger partial charge in [0, 0.05) is 13.6 Å². The molecule has 1 amide bonds. The van der Waals surface area contributed by atoms with Crippen LogP contribution in [-0.4, -0.2) is 36.0 Å². The molecule has 21 heavy (non-hydrogen) atoms. The number of hydrogen-bond donors (Lipinski definition) is 1. The summed E-state index contributed by atoms with van der Waals surface area (Å²) in [6.45, 7) is 0.457. The molecule has 1 aliphatic carbocycles. The van der Waals surface area contributed by atoms with Crippen molar-refractivity contribution < 1.29 is 19.4 Å². The van der Waals surface area contributed by atoms with Gasteiger partial charge in [0.2, 0.25) is 5.91 Å². The average Bonchev–Trinajstić information content (AvgIpc) is 2.96. The van der Waals surface area contributed by atoms with Crippen LogP contribution in [0.15, 0.2) is 24.3 Å². The molecule has 1 aromatic rings. The third-order valence-electron chi connectivity index (χ3n) is 4.08. The molecule has 2 atom stereocenters. The molecular formula is C16H21NO4. The van der Waals surface area contributed by atoms with Gasteiger partial charge in [0.25, 0.3) is 0 Å². The largest absolute Gasteiger partial charge is 0.497 e. The number of benzene rings is 1. The lowest BCUT2D eigenvalue weighted by atomic mass is 9.95. The van der Waals surface area contributed by atoms with Gasteiger partial charge in [-0.05, 0) is 30.5 Å². The quantitative estimate of drug-likeness (QED) is 0.902. The average molecular weight is 291 g/mol. The molecule has 1 aromatic carbocycles. The van der Waals surface area contributed by atoms with Crippen LogP contribution in [-0.2, 0) is 16.1 Å². The Morgan fingerprint density at radius 1 is 1.33 bits per heavy atom. The van der Waals surface area contributed by atoms with Crippen molar-refractivity contribution in [2.75, 3.05) is 14.2 Å². The fraction of sp³-hybridized carbons (Fsp3) is 0.500. The van der Waals surface area contributed by atoms with Crippen molar-refractivity contribution in [3.05, 3.63) is 29.8 Å². The highest BCUT2D eigenvalue weighted by Crippen LogP contribution is 2.33. The molecule has 0 heterocycles. The number of rotatable bonds is 5.